The van der Waals surface area contributed by atoms with Crippen molar-refractivity contribution in [3.8, 4) is 50.2 Å². The van der Waals surface area contributed by atoms with Gasteiger partial charge in [-0.15, -0.1) is 11.3 Å². The van der Waals surface area contributed by atoms with Crippen LogP contribution in [0.4, 0.5) is 34.1 Å². The van der Waals surface area contributed by atoms with Gasteiger partial charge in [-0.3, -0.25) is 0 Å². The van der Waals surface area contributed by atoms with Crippen molar-refractivity contribution in [3.63, 3.8) is 0 Å². The Labute approximate surface area is 484 Å². The average molecular weight is 1080 g/mol. The van der Waals surface area contributed by atoms with Gasteiger partial charge >= 0.3 is 0 Å². The molecule has 0 aliphatic carbocycles. The summed E-state index contributed by atoms with van der Waals surface area (Å²) >= 11 is 1.85. The Kier molecular flexibility index (Phi) is 11.7. The molecule has 16 aromatic rings. The van der Waals surface area contributed by atoms with Gasteiger partial charge in [0.25, 0.3) is 0 Å². The van der Waals surface area contributed by atoms with Crippen LogP contribution < -0.4 is 9.80 Å². The van der Waals surface area contributed by atoms with Crippen molar-refractivity contribution in [2.75, 3.05) is 9.80 Å². The monoisotopic (exact) mass is 1080 g/mol. The minimum Gasteiger partial charge on any atom is -0.456 e. The van der Waals surface area contributed by atoms with E-state index in [0.717, 1.165) is 95.1 Å². The predicted octanol–water partition coefficient (Wildman–Crippen LogP) is 22.7. The minimum atomic E-state index is 0.837. The van der Waals surface area contributed by atoms with E-state index in [2.05, 4.69) is 324 Å². The molecule has 83 heavy (non-hydrogen) atoms. The molecule has 0 amide bonds. The van der Waals surface area contributed by atoms with Crippen LogP contribution in [0.15, 0.2) is 314 Å². The van der Waals surface area contributed by atoms with Gasteiger partial charge in [-0.05, 0) is 160 Å². The molecule has 0 radical (unpaired) electrons. The first-order valence-electron chi connectivity index (χ1n) is 28.2. The number of hydrogen-bond donors (Lipinski definition) is 0. The summed E-state index contributed by atoms with van der Waals surface area (Å²) in [5.41, 5.74) is 20.7. The van der Waals surface area contributed by atoms with E-state index >= 15 is 0 Å². The van der Waals surface area contributed by atoms with Crippen LogP contribution >= 0.6 is 11.3 Å². The van der Waals surface area contributed by atoms with Crippen LogP contribution in [-0.4, -0.2) is 4.57 Å². The molecule has 5 heteroatoms. The Hall–Kier alpha value is -10.7. The van der Waals surface area contributed by atoms with E-state index in [1.165, 1.54) is 53.1 Å². The molecule has 3 aromatic heterocycles. The van der Waals surface area contributed by atoms with E-state index in [4.69, 9.17) is 4.42 Å². The standard InChI is InChI=1S/C78H51N3OS/c1-3-20-54(21-4-1)79(56-43-45-58(46-44-56)81-72-34-16-12-29-65(72)66-30-13-17-35-73(66)81)59-47-48-74-70(51-59)78-68(32-19-36-75(78)82-74)63-27-10-8-25-61(63)60-24-7-9-26-62(60)64-28-11-15-33-71(64)80(55-22-5-2-6-23-55)57-41-38-52(39-42-57)53-40-49-77-69(50-53)67-31-14-18-37-76(67)83-77/h1-51H. The number of nitrogens with zero attached hydrogens (tertiary/aromatic N) is 3. The maximum absolute atomic E-state index is 6.79. The second kappa shape index (κ2) is 20.1. The van der Waals surface area contributed by atoms with E-state index in [0.29, 0.717) is 0 Å². The topological polar surface area (TPSA) is 24.6 Å². The second-order valence-corrected chi connectivity index (χ2v) is 22.2. The van der Waals surface area contributed by atoms with E-state index in [1.54, 1.807) is 0 Å². The van der Waals surface area contributed by atoms with Crippen molar-refractivity contribution in [3.05, 3.63) is 309 Å². The Bertz CT molecular complexity index is 5040. The van der Waals surface area contributed by atoms with Gasteiger partial charge < -0.3 is 18.8 Å². The molecular formula is C78H51N3OS. The first-order chi connectivity index (χ1) is 41.2. The third-order valence-electron chi connectivity index (χ3n) is 16.4. The zero-order valence-corrected chi connectivity index (χ0v) is 45.9. The number of thiophene rings is 1. The third kappa shape index (κ3) is 8.28. The van der Waals surface area contributed by atoms with E-state index < -0.39 is 0 Å². The largest absolute Gasteiger partial charge is 0.456 e. The fourth-order valence-electron chi connectivity index (χ4n) is 12.7. The van der Waals surface area contributed by atoms with Crippen molar-refractivity contribution in [1.82, 2.24) is 4.57 Å². The quantitative estimate of drug-likeness (QED) is 0.129. The minimum absolute atomic E-state index is 0.837. The van der Waals surface area contributed by atoms with Crippen molar-refractivity contribution in [1.29, 1.82) is 0 Å². The summed E-state index contributed by atoms with van der Waals surface area (Å²) in [4.78, 5) is 4.74. The maximum Gasteiger partial charge on any atom is 0.136 e. The molecule has 0 fully saturated rings. The van der Waals surface area contributed by atoms with Crippen LogP contribution in [0.1, 0.15) is 0 Å². The molecule has 13 aromatic carbocycles. The van der Waals surface area contributed by atoms with Gasteiger partial charge in [0.15, 0.2) is 0 Å². The molecule has 0 bridgehead atoms. The number of furan rings is 1. The predicted molar refractivity (Wildman–Crippen MR) is 352 cm³/mol. The molecule has 4 nitrogen and oxygen atoms in total. The SMILES string of the molecule is c1ccc(N(c2ccc(-n3c4ccccc4c4ccccc43)cc2)c2ccc3oc4cccc(-c5ccccc5-c5ccccc5-c5ccccc5N(c5ccccc5)c5ccc(-c6ccc7sc8ccccc8c7c6)cc5)c4c3c2)cc1. The highest BCUT2D eigenvalue weighted by atomic mass is 32.1. The van der Waals surface area contributed by atoms with Crippen LogP contribution in [0.3, 0.4) is 0 Å². The Morgan fingerprint density at radius 3 is 1.45 bits per heavy atom. The number of hydrogen-bond acceptors (Lipinski definition) is 4. The Morgan fingerprint density at radius 1 is 0.277 bits per heavy atom. The zero-order chi connectivity index (χ0) is 54.8. The summed E-state index contributed by atoms with van der Waals surface area (Å²) in [5, 5.41) is 7.23. The van der Waals surface area contributed by atoms with Crippen LogP contribution in [0, 0.1) is 0 Å². The van der Waals surface area contributed by atoms with Crippen LogP contribution in [0.2, 0.25) is 0 Å². The summed E-state index contributed by atoms with van der Waals surface area (Å²) in [5.74, 6) is 0. The fourth-order valence-corrected chi connectivity index (χ4v) is 13.8. The van der Waals surface area contributed by atoms with Gasteiger partial charge in [-0.2, -0.15) is 0 Å². The molecule has 3 heterocycles. The van der Waals surface area contributed by atoms with Gasteiger partial charge in [0.05, 0.1) is 16.7 Å². The molecule has 16 rings (SSSR count). The number of aromatic nitrogens is 1. The van der Waals surface area contributed by atoms with Crippen LogP contribution in [0.25, 0.3) is 114 Å². The lowest BCUT2D eigenvalue weighted by Gasteiger charge is -2.28. The summed E-state index contributed by atoms with van der Waals surface area (Å²) in [7, 11) is 0. The Morgan fingerprint density at radius 2 is 0.759 bits per heavy atom. The highest BCUT2D eigenvalue weighted by Gasteiger charge is 2.23. The van der Waals surface area contributed by atoms with Gasteiger partial charge in [0, 0.05) is 81.4 Å². The average Bonchev–Trinajstić information content (AvgIpc) is 4.25. The molecule has 0 saturated heterocycles. The molecule has 0 aliphatic heterocycles. The molecule has 0 unspecified atom stereocenters. The van der Waals surface area contributed by atoms with Crippen molar-refractivity contribution in [2.45, 2.75) is 0 Å². The fraction of sp³-hybridized carbons (Fsp3) is 0. The summed E-state index contributed by atoms with van der Waals surface area (Å²) in [6.45, 7) is 0. The van der Waals surface area contributed by atoms with E-state index in [-0.39, 0.29) is 0 Å². The number of para-hydroxylation sites is 5. The Balaban J connectivity index is 0.792. The van der Waals surface area contributed by atoms with Crippen LogP contribution in [-0.2, 0) is 0 Å². The number of fused-ring (bicyclic) bond motifs is 9. The number of anilines is 6. The first kappa shape index (κ1) is 48.2. The smallest absolute Gasteiger partial charge is 0.136 e. The lowest BCUT2D eigenvalue weighted by Crippen LogP contribution is -2.11. The van der Waals surface area contributed by atoms with Gasteiger partial charge in [0.1, 0.15) is 11.2 Å². The molecule has 0 atom stereocenters. The zero-order valence-electron chi connectivity index (χ0n) is 45.1. The summed E-state index contributed by atoms with van der Waals surface area (Å²) in [6.07, 6.45) is 0. The molecule has 0 N–H and O–H groups in total. The van der Waals surface area contributed by atoms with Crippen LogP contribution in [0.5, 0.6) is 0 Å². The summed E-state index contributed by atoms with van der Waals surface area (Å²) in [6, 6.07) is 112. The van der Waals surface area contributed by atoms with Gasteiger partial charge in [-0.25, -0.2) is 0 Å². The summed E-state index contributed by atoms with van der Waals surface area (Å²) < 4.78 is 11.8. The van der Waals surface area contributed by atoms with Crippen molar-refractivity contribution < 1.29 is 4.42 Å². The number of benzene rings is 13. The third-order valence-corrected chi connectivity index (χ3v) is 17.6. The molecule has 0 aliphatic rings. The first-order valence-corrected chi connectivity index (χ1v) is 29.0. The lowest BCUT2D eigenvalue weighted by molar-refractivity contribution is 0.669. The molecular weight excluding hydrogens is 1030 g/mol. The van der Waals surface area contributed by atoms with E-state index in [9.17, 15) is 0 Å². The molecule has 0 spiro atoms. The maximum atomic E-state index is 6.79. The highest BCUT2D eigenvalue weighted by Crippen LogP contribution is 2.48. The van der Waals surface area contributed by atoms with Gasteiger partial charge in [0.2, 0.25) is 0 Å². The highest BCUT2D eigenvalue weighted by molar-refractivity contribution is 7.25. The van der Waals surface area contributed by atoms with Gasteiger partial charge in [-0.1, -0.05) is 188 Å². The molecule has 0 saturated carbocycles. The normalized spacial score (nSPS) is 11.6. The van der Waals surface area contributed by atoms with Crippen molar-refractivity contribution >= 4 is 109 Å². The number of rotatable bonds is 11. The molecule has 390 valence electrons. The second-order valence-electron chi connectivity index (χ2n) is 21.2. The lowest BCUT2D eigenvalue weighted by atomic mass is 9.87. The van der Waals surface area contributed by atoms with Crippen molar-refractivity contribution in [2.24, 2.45) is 0 Å². The van der Waals surface area contributed by atoms with E-state index in [1.807, 2.05) is 11.3 Å².